The minimum Gasteiger partial charge on any atom is -0.234 e. The van der Waals surface area contributed by atoms with Gasteiger partial charge in [-0.1, -0.05) is 6.92 Å². The van der Waals surface area contributed by atoms with Crippen molar-refractivity contribution < 1.29 is 21.6 Å². The second-order valence-corrected chi connectivity index (χ2v) is 9.54. The van der Waals surface area contributed by atoms with Gasteiger partial charge < -0.3 is 0 Å². The van der Waals surface area contributed by atoms with Crippen LogP contribution in [0.1, 0.15) is 55.6 Å². The predicted octanol–water partition coefficient (Wildman–Crippen LogP) is 2.83. The van der Waals surface area contributed by atoms with E-state index in [9.17, 15) is 21.6 Å². The van der Waals surface area contributed by atoms with Crippen LogP contribution in [0.15, 0.2) is 12.1 Å². The van der Waals surface area contributed by atoms with E-state index in [2.05, 4.69) is 10.1 Å². The van der Waals surface area contributed by atoms with Crippen molar-refractivity contribution in [2.75, 3.05) is 26.2 Å². The largest absolute Gasteiger partial charge is 0.433 e. The molecule has 7 nitrogen and oxygen atoms in total. The first kappa shape index (κ1) is 20.5. The minimum absolute atomic E-state index is 0.0899. The average Bonchev–Trinajstić information content (AvgIpc) is 3.36. The van der Waals surface area contributed by atoms with Gasteiger partial charge in [-0.2, -0.15) is 35.3 Å². The highest BCUT2D eigenvalue weighted by atomic mass is 32.2. The molecule has 4 heterocycles. The molecule has 160 valence electrons. The fourth-order valence-corrected chi connectivity index (χ4v) is 5.81. The van der Waals surface area contributed by atoms with Crippen LogP contribution in [0, 0.1) is 0 Å². The molecule has 0 radical (unpaired) electrons. The summed E-state index contributed by atoms with van der Waals surface area (Å²) in [4.78, 5) is 4.28. The van der Waals surface area contributed by atoms with E-state index in [1.165, 1.54) is 8.61 Å². The molecule has 11 heteroatoms. The van der Waals surface area contributed by atoms with E-state index in [-0.39, 0.29) is 11.6 Å². The molecule has 2 saturated heterocycles. The third-order valence-electron chi connectivity index (χ3n) is 5.74. The van der Waals surface area contributed by atoms with Gasteiger partial charge in [0.15, 0.2) is 5.65 Å². The Morgan fingerprint density at radius 3 is 2.28 bits per heavy atom. The molecule has 2 aliphatic heterocycles. The van der Waals surface area contributed by atoms with E-state index in [4.69, 9.17) is 0 Å². The average molecular weight is 431 g/mol. The molecule has 0 saturated carbocycles. The van der Waals surface area contributed by atoms with Gasteiger partial charge in [0.2, 0.25) is 0 Å². The maximum Gasteiger partial charge on any atom is 0.433 e. The van der Waals surface area contributed by atoms with Crippen LogP contribution in [-0.4, -0.2) is 57.8 Å². The number of piperidine rings is 1. The molecule has 0 aromatic carbocycles. The van der Waals surface area contributed by atoms with E-state index >= 15 is 0 Å². The van der Waals surface area contributed by atoms with Crippen LogP contribution in [0.25, 0.3) is 5.65 Å². The first-order valence-corrected chi connectivity index (χ1v) is 11.3. The number of aromatic nitrogens is 3. The quantitative estimate of drug-likeness (QED) is 0.747. The Bertz CT molecular complexity index is 991. The highest BCUT2D eigenvalue weighted by molar-refractivity contribution is 7.86. The van der Waals surface area contributed by atoms with Gasteiger partial charge in [0.05, 0.1) is 5.69 Å². The maximum atomic E-state index is 13.4. The van der Waals surface area contributed by atoms with Crippen molar-refractivity contribution >= 4 is 15.9 Å². The smallest absolute Gasteiger partial charge is 0.234 e. The Morgan fingerprint density at radius 2 is 1.69 bits per heavy atom. The van der Waals surface area contributed by atoms with Gasteiger partial charge in [0, 0.05) is 43.9 Å². The fourth-order valence-electron chi connectivity index (χ4n) is 4.09. The SMILES string of the molecule is CCc1cc(C(F)(F)F)n2nc(C3CCN(S(=O)(=O)N4CCCC4)CC3)cc2n1. The predicted molar refractivity (Wildman–Crippen MR) is 101 cm³/mol. The lowest BCUT2D eigenvalue weighted by Gasteiger charge is -2.33. The molecule has 0 N–H and O–H groups in total. The van der Waals surface area contributed by atoms with Gasteiger partial charge in [0.25, 0.3) is 10.2 Å². The summed E-state index contributed by atoms with van der Waals surface area (Å²) in [6, 6.07) is 2.64. The Hall–Kier alpha value is -1.72. The Kier molecular flexibility index (Phi) is 5.32. The number of halogens is 3. The van der Waals surface area contributed by atoms with Crippen molar-refractivity contribution in [1.82, 2.24) is 23.2 Å². The zero-order valence-corrected chi connectivity index (χ0v) is 17.0. The van der Waals surface area contributed by atoms with E-state index in [0.29, 0.717) is 56.8 Å². The van der Waals surface area contributed by atoms with Gasteiger partial charge >= 0.3 is 6.18 Å². The Morgan fingerprint density at radius 1 is 1.07 bits per heavy atom. The zero-order chi connectivity index (χ0) is 20.8. The van der Waals surface area contributed by atoms with Gasteiger partial charge in [-0.15, -0.1) is 0 Å². The van der Waals surface area contributed by atoms with Crippen LogP contribution in [0.4, 0.5) is 13.2 Å². The van der Waals surface area contributed by atoms with Gasteiger partial charge in [-0.3, -0.25) is 0 Å². The monoisotopic (exact) mass is 431 g/mol. The molecule has 2 aliphatic rings. The van der Waals surface area contributed by atoms with Crippen LogP contribution in [-0.2, 0) is 22.8 Å². The molecular weight excluding hydrogens is 407 g/mol. The third-order valence-corrected chi connectivity index (χ3v) is 7.78. The van der Waals surface area contributed by atoms with Crippen molar-refractivity contribution in [3.05, 3.63) is 29.2 Å². The number of alkyl halides is 3. The van der Waals surface area contributed by atoms with Crippen molar-refractivity contribution in [3.63, 3.8) is 0 Å². The minimum atomic E-state index is -4.53. The molecule has 0 aliphatic carbocycles. The summed E-state index contributed by atoms with van der Waals surface area (Å²) in [5.41, 5.74) is 0.246. The standard InChI is InChI=1S/C18H24F3N5O2S/c1-2-14-11-16(18(19,20)21)26-17(22-14)12-15(23-26)13-5-9-25(10-6-13)29(27,28)24-7-3-4-8-24/h11-13H,2-10H2,1H3. The number of aryl methyl sites for hydroxylation is 1. The molecule has 0 spiro atoms. The number of hydrogen-bond donors (Lipinski definition) is 0. The van der Waals surface area contributed by atoms with Gasteiger partial charge in [0.1, 0.15) is 5.69 Å². The lowest BCUT2D eigenvalue weighted by molar-refractivity contribution is -0.142. The Labute approximate surface area is 167 Å². The summed E-state index contributed by atoms with van der Waals surface area (Å²) in [5.74, 6) is -0.0899. The van der Waals surface area contributed by atoms with Crippen molar-refractivity contribution in [3.8, 4) is 0 Å². The van der Waals surface area contributed by atoms with Gasteiger partial charge in [-0.25, -0.2) is 9.50 Å². The summed E-state index contributed by atoms with van der Waals surface area (Å²) >= 11 is 0. The maximum absolute atomic E-state index is 13.4. The lowest BCUT2D eigenvalue weighted by atomic mass is 9.95. The lowest BCUT2D eigenvalue weighted by Crippen LogP contribution is -2.45. The highest BCUT2D eigenvalue weighted by Gasteiger charge is 2.37. The van der Waals surface area contributed by atoms with Crippen molar-refractivity contribution in [2.45, 2.75) is 51.1 Å². The second-order valence-electron chi connectivity index (χ2n) is 7.61. The number of nitrogens with zero attached hydrogens (tertiary/aromatic N) is 5. The van der Waals surface area contributed by atoms with E-state index < -0.39 is 22.1 Å². The summed E-state index contributed by atoms with van der Waals surface area (Å²) in [7, 11) is -3.45. The number of hydrogen-bond acceptors (Lipinski definition) is 4. The topological polar surface area (TPSA) is 70.8 Å². The van der Waals surface area contributed by atoms with E-state index in [1.807, 2.05) is 0 Å². The molecule has 2 aromatic heterocycles. The molecule has 0 unspecified atom stereocenters. The summed E-state index contributed by atoms with van der Waals surface area (Å²) < 4.78 is 69.6. The molecule has 4 rings (SSSR count). The zero-order valence-electron chi connectivity index (χ0n) is 16.2. The number of rotatable bonds is 4. The molecule has 2 aromatic rings. The van der Waals surface area contributed by atoms with Crippen molar-refractivity contribution in [2.24, 2.45) is 0 Å². The molecule has 29 heavy (non-hydrogen) atoms. The summed E-state index contributed by atoms with van der Waals surface area (Å²) in [6.45, 7) is 3.56. The molecule has 0 amide bonds. The molecule has 2 fully saturated rings. The van der Waals surface area contributed by atoms with Gasteiger partial charge in [-0.05, 0) is 38.2 Å². The van der Waals surface area contributed by atoms with Crippen molar-refractivity contribution in [1.29, 1.82) is 0 Å². The second kappa shape index (κ2) is 7.51. The Balaban J connectivity index is 1.56. The van der Waals surface area contributed by atoms with E-state index in [1.54, 1.807) is 13.0 Å². The van der Waals surface area contributed by atoms with Crippen LogP contribution in [0.3, 0.4) is 0 Å². The van der Waals surface area contributed by atoms with E-state index in [0.717, 1.165) is 23.4 Å². The third kappa shape index (κ3) is 3.87. The summed E-state index contributed by atoms with van der Waals surface area (Å²) in [6.07, 6.45) is -1.32. The van der Waals surface area contributed by atoms with Crippen LogP contribution >= 0.6 is 0 Å². The first-order valence-electron chi connectivity index (χ1n) is 9.92. The van der Waals surface area contributed by atoms with Crippen LogP contribution in [0.2, 0.25) is 0 Å². The number of fused-ring (bicyclic) bond motifs is 1. The first-order chi connectivity index (χ1) is 13.7. The normalized spacial score (nSPS) is 20.7. The molecular formula is C18H24F3N5O2S. The highest BCUT2D eigenvalue weighted by Crippen LogP contribution is 2.33. The summed E-state index contributed by atoms with van der Waals surface area (Å²) in [5, 5.41) is 4.20. The van der Waals surface area contributed by atoms with Crippen LogP contribution < -0.4 is 0 Å². The molecule has 0 bridgehead atoms. The molecule has 0 atom stereocenters. The fraction of sp³-hybridized carbons (Fsp3) is 0.667. The van der Waals surface area contributed by atoms with Crippen LogP contribution in [0.5, 0.6) is 0 Å².